The molecule has 222 valence electrons. The molecule has 3 fully saturated rings. The van der Waals surface area contributed by atoms with Crippen LogP contribution in [0.25, 0.3) is 0 Å². The summed E-state index contributed by atoms with van der Waals surface area (Å²) in [4.78, 5) is 69.9. The summed E-state index contributed by atoms with van der Waals surface area (Å²) in [5.41, 5.74) is 5.49. The molecule has 0 radical (unpaired) electrons. The van der Waals surface area contributed by atoms with E-state index in [2.05, 4.69) is 0 Å². The number of halogens is 2. The van der Waals surface area contributed by atoms with Crippen molar-refractivity contribution in [3.05, 3.63) is 106 Å². The van der Waals surface area contributed by atoms with Crippen molar-refractivity contribution in [2.24, 2.45) is 29.4 Å². The first-order valence-corrected chi connectivity index (χ1v) is 14.5. The maximum absolute atomic E-state index is 15.1. The number of nitrogens with zero attached hydrogens (tertiary/aromatic N) is 2. The number of likely N-dealkylation sites (tertiary alicyclic amines) is 1. The van der Waals surface area contributed by atoms with Crippen molar-refractivity contribution >= 4 is 46.9 Å². The Labute approximate surface area is 255 Å². The summed E-state index contributed by atoms with van der Waals surface area (Å²) >= 11 is 6.27. The molecular weight excluding hydrogens is 589 g/mol. The van der Waals surface area contributed by atoms with Gasteiger partial charge in [-0.3, -0.25) is 19.2 Å². The van der Waals surface area contributed by atoms with E-state index in [9.17, 15) is 29.1 Å². The number of imide groups is 4. The first kappa shape index (κ1) is 28.0. The lowest BCUT2D eigenvalue weighted by Gasteiger charge is -2.50. The highest BCUT2D eigenvalue weighted by Gasteiger charge is 2.70. The van der Waals surface area contributed by atoms with E-state index in [1.54, 1.807) is 54.6 Å². The van der Waals surface area contributed by atoms with Gasteiger partial charge in [0.25, 0.3) is 0 Å². The predicted octanol–water partition coefficient (Wildman–Crippen LogP) is 4.43. The van der Waals surface area contributed by atoms with Gasteiger partial charge in [-0.1, -0.05) is 65.7 Å². The van der Waals surface area contributed by atoms with Gasteiger partial charge < -0.3 is 10.8 Å². The highest BCUT2D eigenvalue weighted by atomic mass is 35.5. The van der Waals surface area contributed by atoms with Gasteiger partial charge in [0.15, 0.2) is 11.6 Å². The Hall–Kier alpha value is -4.83. The Balaban J connectivity index is 1.51. The van der Waals surface area contributed by atoms with Crippen LogP contribution in [0.5, 0.6) is 5.75 Å². The molecule has 6 amide bonds. The average molecular weight is 614 g/mol. The number of benzene rings is 3. The molecule has 4 aliphatic rings. The second-order valence-electron chi connectivity index (χ2n) is 11.7. The minimum absolute atomic E-state index is 0.00617. The second-order valence-corrected chi connectivity index (χ2v) is 12.1. The number of allylic oxidation sites excluding steroid dienone is 2. The van der Waals surface area contributed by atoms with Crippen LogP contribution in [-0.4, -0.2) is 39.7 Å². The number of urea groups is 1. The number of hydrogen-bond acceptors (Lipinski definition) is 6. The Morgan fingerprint density at radius 1 is 0.932 bits per heavy atom. The van der Waals surface area contributed by atoms with E-state index in [4.69, 9.17) is 17.3 Å². The minimum atomic E-state index is -1.59. The summed E-state index contributed by atoms with van der Waals surface area (Å²) < 4.78 is 15.1. The quantitative estimate of drug-likeness (QED) is 0.331. The molecule has 11 heteroatoms. The average Bonchev–Trinajstić information content (AvgIpc) is 3.39. The van der Waals surface area contributed by atoms with Crippen molar-refractivity contribution in [2.45, 2.75) is 24.2 Å². The molecule has 0 bridgehead atoms. The maximum Gasteiger partial charge on any atom is 0.328 e. The Morgan fingerprint density at radius 2 is 1.68 bits per heavy atom. The Kier molecular flexibility index (Phi) is 6.26. The molecule has 3 aromatic rings. The van der Waals surface area contributed by atoms with Crippen molar-refractivity contribution < 1.29 is 33.5 Å². The largest absolute Gasteiger partial charge is 0.505 e. The summed E-state index contributed by atoms with van der Waals surface area (Å²) in [6.45, 7) is 0. The fourth-order valence-electron chi connectivity index (χ4n) is 8.04. The Bertz CT molecular complexity index is 1830. The Morgan fingerprint density at radius 3 is 2.36 bits per heavy atom. The normalized spacial score (nSPS) is 29.3. The van der Waals surface area contributed by atoms with E-state index < -0.39 is 76.2 Å². The second kappa shape index (κ2) is 9.85. The summed E-state index contributed by atoms with van der Waals surface area (Å²) in [6, 6.07) is 17.7. The highest BCUT2D eigenvalue weighted by molar-refractivity contribution is 6.32. The summed E-state index contributed by atoms with van der Waals surface area (Å²) in [5.74, 6) is -8.70. The van der Waals surface area contributed by atoms with Crippen LogP contribution in [0.1, 0.15) is 29.9 Å². The molecular formula is C33H25ClFN3O6. The number of carbonyl (C=O) groups excluding carboxylic acids is 5. The fraction of sp³-hybridized carbons (Fsp3) is 0.242. The number of phenols is 1. The van der Waals surface area contributed by atoms with E-state index in [-0.39, 0.29) is 18.5 Å². The van der Waals surface area contributed by atoms with Gasteiger partial charge in [0.1, 0.15) is 0 Å². The third kappa shape index (κ3) is 3.67. The summed E-state index contributed by atoms with van der Waals surface area (Å²) in [6.07, 6.45) is 1.86. The molecule has 6 unspecified atom stereocenters. The first-order valence-electron chi connectivity index (χ1n) is 14.1. The summed E-state index contributed by atoms with van der Waals surface area (Å²) in [7, 11) is 0. The lowest BCUT2D eigenvalue weighted by Crippen LogP contribution is -2.53. The third-order valence-corrected chi connectivity index (χ3v) is 9.93. The van der Waals surface area contributed by atoms with E-state index in [1.807, 2.05) is 0 Å². The lowest BCUT2D eigenvalue weighted by atomic mass is 9.49. The molecule has 0 aromatic heterocycles. The standard InChI is InChI=1S/C33H25ClFN3O6/c34-18-7-4-8-19(14-18)37-29(41)23-15-22-20(10-11-21-26(22)30(42)38(28(21)40)32(36)44)27(16-9-12-25(39)24(35)13-16)33(23,31(37)43)17-5-2-1-3-6-17/h1-10,12-14,21-23,26-27,39H,11,15H2,(H2,36,44). The van der Waals surface area contributed by atoms with Crippen LogP contribution in [0.15, 0.2) is 84.4 Å². The van der Waals surface area contributed by atoms with Crippen LogP contribution in [0.4, 0.5) is 14.9 Å². The minimum Gasteiger partial charge on any atom is -0.505 e. The lowest BCUT2D eigenvalue weighted by molar-refractivity contribution is -0.136. The number of fused-ring (bicyclic) bond motifs is 4. The van der Waals surface area contributed by atoms with Crippen molar-refractivity contribution in [1.29, 1.82) is 0 Å². The molecule has 3 N–H and O–H groups in total. The molecule has 1 saturated carbocycles. The zero-order valence-electron chi connectivity index (χ0n) is 23.0. The molecule has 7 rings (SSSR count). The van der Waals surface area contributed by atoms with Gasteiger partial charge in [-0.2, -0.15) is 4.90 Å². The van der Waals surface area contributed by atoms with Gasteiger partial charge in [-0.05, 0) is 60.2 Å². The topological polar surface area (TPSA) is 138 Å². The van der Waals surface area contributed by atoms with E-state index >= 15 is 4.39 Å². The van der Waals surface area contributed by atoms with Gasteiger partial charge in [-0.15, -0.1) is 0 Å². The van der Waals surface area contributed by atoms with E-state index in [0.29, 0.717) is 26.6 Å². The number of carbonyl (C=O) groups is 5. The number of nitrogens with two attached hydrogens (primary N) is 1. The number of rotatable bonds is 3. The van der Waals surface area contributed by atoms with Crippen molar-refractivity contribution in [3.8, 4) is 5.75 Å². The molecule has 6 atom stereocenters. The van der Waals surface area contributed by atoms with Crippen molar-refractivity contribution in [1.82, 2.24) is 4.90 Å². The number of aromatic hydroxyl groups is 1. The molecule has 2 heterocycles. The smallest absolute Gasteiger partial charge is 0.328 e. The van der Waals surface area contributed by atoms with Gasteiger partial charge in [0.05, 0.1) is 28.9 Å². The van der Waals surface area contributed by atoms with Crippen LogP contribution in [0, 0.1) is 29.5 Å². The molecule has 9 nitrogen and oxygen atoms in total. The first-order chi connectivity index (χ1) is 21.1. The highest BCUT2D eigenvalue weighted by Crippen LogP contribution is 2.64. The van der Waals surface area contributed by atoms with Crippen molar-refractivity contribution in [2.75, 3.05) is 4.90 Å². The third-order valence-electron chi connectivity index (χ3n) is 9.69. The van der Waals surface area contributed by atoms with Crippen LogP contribution < -0.4 is 10.6 Å². The van der Waals surface area contributed by atoms with Gasteiger partial charge in [0, 0.05) is 10.9 Å². The predicted molar refractivity (Wildman–Crippen MR) is 156 cm³/mol. The van der Waals surface area contributed by atoms with E-state index in [0.717, 1.165) is 11.0 Å². The monoisotopic (exact) mass is 613 g/mol. The molecule has 2 aliphatic heterocycles. The number of phenolic OH excluding ortho intramolecular Hbond substituents is 1. The number of amides is 6. The fourth-order valence-corrected chi connectivity index (χ4v) is 8.22. The van der Waals surface area contributed by atoms with Gasteiger partial charge >= 0.3 is 6.03 Å². The molecule has 44 heavy (non-hydrogen) atoms. The zero-order valence-corrected chi connectivity index (χ0v) is 23.8. The van der Waals surface area contributed by atoms with E-state index in [1.165, 1.54) is 18.2 Å². The summed E-state index contributed by atoms with van der Waals surface area (Å²) in [5, 5.41) is 10.4. The van der Waals surface area contributed by atoms with Crippen molar-refractivity contribution in [3.63, 3.8) is 0 Å². The molecule has 0 spiro atoms. The number of hydrogen-bond donors (Lipinski definition) is 2. The molecule has 2 saturated heterocycles. The number of anilines is 1. The van der Waals surface area contributed by atoms with Crippen LogP contribution in [0.2, 0.25) is 5.02 Å². The molecule has 3 aromatic carbocycles. The van der Waals surface area contributed by atoms with Gasteiger partial charge in [0.2, 0.25) is 23.6 Å². The molecule has 2 aliphatic carbocycles. The van der Waals surface area contributed by atoms with Crippen LogP contribution >= 0.6 is 11.6 Å². The number of primary amides is 1. The van der Waals surface area contributed by atoms with Crippen LogP contribution in [-0.2, 0) is 24.6 Å². The zero-order chi connectivity index (χ0) is 31.1. The maximum atomic E-state index is 15.1. The SMILES string of the molecule is NC(=O)N1C(=O)C2CC=C3C(CC4C(=O)N(c5cccc(Cl)c5)C(=O)C4(c4ccccc4)C3c3ccc(O)c(F)c3)C2C1=O. The van der Waals surface area contributed by atoms with Gasteiger partial charge in [-0.25, -0.2) is 14.1 Å². The van der Waals surface area contributed by atoms with Crippen LogP contribution in [0.3, 0.4) is 0 Å².